The quantitative estimate of drug-likeness (QED) is 0.461. The van der Waals surface area contributed by atoms with Crippen LogP contribution in [0, 0.1) is 5.92 Å². The summed E-state index contributed by atoms with van der Waals surface area (Å²) in [6.45, 7) is 0. The highest BCUT2D eigenvalue weighted by atomic mass is 28.1. The van der Waals surface area contributed by atoms with Gasteiger partial charge >= 0.3 is 0 Å². The molecule has 2 aliphatic rings. The third-order valence-electron chi connectivity index (χ3n) is 2.52. The summed E-state index contributed by atoms with van der Waals surface area (Å²) in [5, 5.41) is 0. The lowest BCUT2D eigenvalue weighted by Gasteiger charge is -2.14. The molecule has 0 bridgehead atoms. The normalized spacial score (nSPS) is 37.5. The van der Waals surface area contributed by atoms with E-state index in [1.807, 2.05) is 0 Å². The molecule has 1 fully saturated rings. The molecule has 0 aromatic heterocycles. The highest BCUT2D eigenvalue weighted by Gasteiger charge is 2.26. The van der Waals surface area contributed by atoms with Gasteiger partial charge in [0.25, 0.3) is 0 Å². The van der Waals surface area contributed by atoms with Gasteiger partial charge in [-0.25, -0.2) is 0 Å². The monoisotopic (exact) mass is 147 g/mol. The van der Waals surface area contributed by atoms with Crippen molar-refractivity contribution in [3.05, 3.63) is 23.8 Å². The van der Waals surface area contributed by atoms with Gasteiger partial charge in [-0.1, -0.05) is 23.8 Å². The first-order valence-corrected chi connectivity index (χ1v) is 4.53. The van der Waals surface area contributed by atoms with Gasteiger partial charge in [-0.05, 0) is 30.7 Å². The number of hydrogen-bond acceptors (Lipinski definition) is 0. The first-order valence-electron chi connectivity index (χ1n) is 3.95. The zero-order valence-electron chi connectivity index (χ0n) is 6.01. The van der Waals surface area contributed by atoms with E-state index >= 15 is 0 Å². The van der Waals surface area contributed by atoms with Gasteiger partial charge in [0.15, 0.2) is 0 Å². The summed E-state index contributed by atoms with van der Waals surface area (Å²) in [4.78, 5) is 0. The lowest BCUT2D eigenvalue weighted by atomic mass is 9.95. The predicted molar refractivity (Wildman–Crippen MR) is 44.1 cm³/mol. The van der Waals surface area contributed by atoms with Crippen LogP contribution in [0.15, 0.2) is 23.8 Å². The van der Waals surface area contributed by atoms with E-state index < -0.39 is 0 Å². The van der Waals surface area contributed by atoms with Gasteiger partial charge in [-0.15, -0.1) is 0 Å². The Hall–Kier alpha value is -0.303. The smallest absolute Gasteiger partial charge is 0.0326 e. The van der Waals surface area contributed by atoms with Gasteiger partial charge in [0.1, 0.15) is 0 Å². The molecule has 2 unspecified atom stereocenters. The third kappa shape index (κ3) is 0.890. The molecule has 0 aromatic carbocycles. The van der Waals surface area contributed by atoms with Gasteiger partial charge in [0.05, 0.1) is 0 Å². The van der Waals surface area contributed by atoms with Crippen LogP contribution in [0.1, 0.15) is 19.3 Å². The molecule has 0 heterocycles. The van der Waals surface area contributed by atoms with Crippen LogP contribution in [0.5, 0.6) is 0 Å². The van der Waals surface area contributed by atoms with Crippen molar-refractivity contribution in [2.24, 2.45) is 5.92 Å². The summed E-state index contributed by atoms with van der Waals surface area (Å²) in [7, 11) is 3.73. The van der Waals surface area contributed by atoms with E-state index in [9.17, 15) is 0 Å². The molecule has 1 heteroatoms. The number of rotatable bonds is 0. The van der Waals surface area contributed by atoms with Crippen molar-refractivity contribution in [2.45, 2.75) is 24.8 Å². The van der Waals surface area contributed by atoms with Crippen molar-refractivity contribution in [2.75, 3.05) is 0 Å². The standard InChI is InChI=1S/C9H11Si/c10-9-6-5-7-3-1-2-4-8(7)9/h1-2,4,7,9H,3,5-6H2. The summed E-state index contributed by atoms with van der Waals surface area (Å²) >= 11 is 0. The number of hydrogen-bond donors (Lipinski definition) is 0. The van der Waals surface area contributed by atoms with Crippen molar-refractivity contribution in [3.63, 3.8) is 0 Å². The maximum absolute atomic E-state index is 3.73. The Morgan fingerprint density at radius 1 is 1.40 bits per heavy atom. The van der Waals surface area contributed by atoms with E-state index in [-0.39, 0.29) is 0 Å². The average molecular weight is 147 g/mol. The minimum absolute atomic E-state index is 0.676. The van der Waals surface area contributed by atoms with Crippen LogP contribution in [-0.4, -0.2) is 10.2 Å². The Morgan fingerprint density at radius 3 is 3.10 bits per heavy atom. The molecule has 0 aliphatic heterocycles. The maximum Gasteiger partial charge on any atom is 0.0326 e. The molecule has 10 heavy (non-hydrogen) atoms. The Morgan fingerprint density at radius 2 is 2.30 bits per heavy atom. The fourth-order valence-electron chi connectivity index (χ4n) is 1.91. The van der Waals surface area contributed by atoms with Crippen molar-refractivity contribution in [1.29, 1.82) is 0 Å². The molecule has 51 valence electrons. The van der Waals surface area contributed by atoms with Gasteiger partial charge < -0.3 is 0 Å². The SMILES string of the molecule is [Si]C1CCC2CC=CC=C12. The minimum Gasteiger partial charge on any atom is -0.0839 e. The van der Waals surface area contributed by atoms with Crippen molar-refractivity contribution < 1.29 is 0 Å². The van der Waals surface area contributed by atoms with Crippen molar-refractivity contribution in [3.8, 4) is 0 Å². The van der Waals surface area contributed by atoms with Gasteiger partial charge in [0.2, 0.25) is 0 Å². The Balaban J connectivity index is 2.25. The van der Waals surface area contributed by atoms with Crippen molar-refractivity contribution >= 4 is 10.2 Å². The summed E-state index contributed by atoms with van der Waals surface area (Å²) in [5.74, 6) is 0.868. The van der Waals surface area contributed by atoms with E-state index in [0.29, 0.717) is 5.54 Å². The molecule has 3 radical (unpaired) electrons. The summed E-state index contributed by atoms with van der Waals surface area (Å²) < 4.78 is 0. The van der Waals surface area contributed by atoms with Crippen LogP contribution in [0.2, 0.25) is 5.54 Å². The van der Waals surface area contributed by atoms with E-state index in [1.54, 1.807) is 5.57 Å². The second-order valence-corrected chi connectivity index (χ2v) is 3.85. The Kier molecular flexibility index (Phi) is 1.53. The Labute approximate surface area is 65.4 Å². The molecule has 0 aromatic rings. The molecule has 1 saturated carbocycles. The fourth-order valence-corrected chi connectivity index (χ4v) is 2.41. The summed E-state index contributed by atoms with van der Waals surface area (Å²) in [6.07, 6.45) is 10.7. The molecule has 0 saturated heterocycles. The van der Waals surface area contributed by atoms with Crippen molar-refractivity contribution in [1.82, 2.24) is 0 Å². The van der Waals surface area contributed by atoms with Crippen LogP contribution in [0.25, 0.3) is 0 Å². The molecule has 0 nitrogen and oxygen atoms in total. The van der Waals surface area contributed by atoms with E-state index in [1.165, 1.54) is 19.3 Å². The largest absolute Gasteiger partial charge is 0.0839 e. The van der Waals surface area contributed by atoms with Crippen LogP contribution in [-0.2, 0) is 0 Å². The second kappa shape index (κ2) is 2.39. The lowest BCUT2D eigenvalue weighted by molar-refractivity contribution is 0.633. The maximum atomic E-state index is 3.73. The molecule has 0 N–H and O–H groups in total. The summed E-state index contributed by atoms with van der Waals surface area (Å²) in [6, 6.07) is 0. The zero-order valence-corrected chi connectivity index (χ0v) is 7.01. The highest BCUT2D eigenvalue weighted by molar-refractivity contribution is 6.14. The molecule has 2 rings (SSSR count). The van der Waals surface area contributed by atoms with Gasteiger partial charge in [-0.3, -0.25) is 0 Å². The first kappa shape index (κ1) is 6.41. The molecule has 2 atom stereocenters. The summed E-state index contributed by atoms with van der Waals surface area (Å²) in [5.41, 5.74) is 2.30. The molecule has 2 aliphatic carbocycles. The van der Waals surface area contributed by atoms with Gasteiger partial charge in [0, 0.05) is 10.2 Å². The third-order valence-corrected chi connectivity index (χ3v) is 3.14. The lowest BCUT2D eigenvalue weighted by Crippen LogP contribution is -2.00. The van der Waals surface area contributed by atoms with E-state index in [2.05, 4.69) is 28.5 Å². The minimum atomic E-state index is 0.676. The predicted octanol–water partition coefficient (Wildman–Crippen LogP) is 2.24. The molecular formula is C9H11Si. The van der Waals surface area contributed by atoms with Crippen LogP contribution < -0.4 is 0 Å². The van der Waals surface area contributed by atoms with Crippen LogP contribution >= 0.6 is 0 Å². The number of fused-ring (bicyclic) bond motifs is 1. The zero-order chi connectivity index (χ0) is 6.97. The topological polar surface area (TPSA) is 0 Å². The first-order chi connectivity index (χ1) is 4.88. The fraction of sp³-hybridized carbons (Fsp3) is 0.556. The second-order valence-electron chi connectivity index (χ2n) is 3.16. The Bertz CT molecular complexity index is 191. The molecular weight excluding hydrogens is 136 g/mol. The van der Waals surface area contributed by atoms with Crippen LogP contribution in [0.3, 0.4) is 0 Å². The molecule has 0 spiro atoms. The van der Waals surface area contributed by atoms with Crippen LogP contribution in [0.4, 0.5) is 0 Å². The van der Waals surface area contributed by atoms with E-state index in [4.69, 9.17) is 0 Å². The highest BCUT2D eigenvalue weighted by Crippen LogP contribution is 2.42. The van der Waals surface area contributed by atoms with Gasteiger partial charge in [-0.2, -0.15) is 0 Å². The van der Waals surface area contributed by atoms with E-state index in [0.717, 1.165) is 5.92 Å². The average Bonchev–Trinajstić information content (AvgIpc) is 2.34. The number of allylic oxidation sites excluding steroid dienone is 4. The molecule has 0 amide bonds.